The van der Waals surface area contributed by atoms with E-state index in [2.05, 4.69) is 51.1 Å². The Morgan fingerprint density at radius 3 is 2.50 bits per heavy atom. The molecule has 3 rings (SSSR count). The van der Waals surface area contributed by atoms with Gasteiger partial charge in [-0.1, -0.05) is 43.7 Å². The van der Waals surface area contributed by atoms with E-state index >= 15 is 0 Å². The van der Waals surface area contributed by atoms with E-state index in [1.807, 2.05) is 19.1 Å². The van der Waals surface area contributed by atoms with Crippen LogP contribution < -0.4 is 10.5 Å². The number of benzene rings is 2. The number of nitrogens with zero attached hydrogens (tertiary/aromatic N) is 1. The van der Waals surface area contributed by atoms with Gasteiger partial charge in [0.05, 0.1) is 18.7 Å². The number of hydrogen-bond donors (Lipinski definition) is 1. The van der Waals surface area contributed by atoms with Gasteiger partial charge in [0.2, 0.25) is 0 Å². The lowest BCUT2D eigenvalue weighted by atomic mass is 9.91. The first kappa shape index (κ1) is 25.7. The molecule has 34 heavy (non-hydrogen) atoms. The van der Waals surface area contributed by atoms with E-state index < -0.39 is 0 Å². The third kappa shape index (κ3) is 6.80. The molecule has 2 aromatic carbocycles. The second-order valence-electron chi connectivity index (χ2n) is 9.22. The normalized spacial score (nSPS) is 11.2. The highest BCUT2D eigenvalue weighted by Gasteiger charge is 2.17. The highest BCUT2D eigenvalue weighted by molar-refractivity contribution is 5.97. The van der Waals surface area contributed by atoms with Gasteiger partial charge < -0.3 is 15.2 Å². The molecule has 0 saturated heterocycles. The fourth-order valence-corrected chi connectivity index (χ4v) is 4.22. The fraction of sp³-hybridized carbons (Fsp3) is 0.448. The number of aryl methyl sites for hydroxylation is 1. The number of esters is 1. The van der Waals surface area contributed by atoms with Crippen LogP contribution in [0.15, 0.2) is 42.5 Å². The molecule has 0 aliphatic rings. The summed E-state index contributed by atoms with van der Waals surface area (Å²) in [5, 5.41) is 1.07. The summed E-state index contributed by atoms with van der Waals surface area (Å²) in [6, 6.07) is 14.7. The summed E-state index contributed by atoms with van der Waals surface area (Å²) in [4.78, 5) is 16.5. The number of unbranched alkanes of at least 4 members (excludes halogenated alkanes) is 2. The second-order valence-corrected chi connectivity index (χ2v) is 9.22. The Hall–Kier alpha value is -2.92. The number of ether oxygens (including phenoxy) is 2. The number of carbonyl (C=O) groups excluding carboxylic acids is 1. The van der Waals surface area contributed by atoms with E-state index in [-0.39, 0.29) is 5.97 Å². The highest BCUT2D eigenvalue weighted by Crippen LogP contribution is 2.36. The van der Waals surface area contributed by atoms with E-state index in [4.69, 9.17) is 20.2 Å². The van der Waals surface area contributed by atoms with Gasteiger partial charge in [0.1, 0.15) is 5.75 Å². The fourth-order valence-electron chi connectivity index (χ4n) is 4.22. The predicted molar refractivity (Wildman–Crippen MR) is 139 cm³/mol. The lowest BCUT2D eigenvalue weighted by molar-refractivity contribution is -0.143. The van der Waals surface area contributed by atoms with Crippen LogP contribution in [-0.2, 0) is 22.5 Å². The Labute approximate surface area is 203 Å². The molecule has 0 aliphatic heterocycles. The molecule has 0 amide bonds. The monoisotopic (exact) mass is 462 g/mol. The van der Waals surface area contributed by atoms with Crippen LogP contribution in [0.1, 0.15) is 63.3 Å². The van der Waals surface area contributed by atoms with Crippen molar-refractivity contribution < 1.29 is 14.3 Å². The predicted octanol–water partition coefficient (Wildman–Crippen LogP) is 6.37. The summed E-state index contributed by atoms with van der Waals surface area (Å²) in [5.41, 5.74) is 13.0. The van der Waals surface area contributed by atoms with Crippen LogP contribution in [0.4, 0.5) is 0 Å². The summed E-state index contributed by atoms with van der Waals surface area (Å²) in [6.45, 7) is 9.84. The SMILES string of the molecule is CCOC(=O)CCCCCOc1ccc2nc(CC(C)C)c(CN)c(-c3ccc(C)cc3)c2c1. The highest BCUT2D eigenvalue weighted by atomic mass is 16.5. The van der Waals surface area contributed by atoms with Crippen molar-refractivity contribution in [3.05, 3.63) is 59.3 Å². The van der Waals surface area contributed by atoms with Gasteiger partial charge in [-0.15, -0.1) is 0 Å². The molecule has 0 spiro atoms. The van der Waals surface area contributed by atoms with Crippen molar-refractivity contribution in [2.75, 3.05) is 13.2 Å². The lowest BCUT2D eigenvalue weighted by Crippen LogP contribution is -2.10. The topological polar surface area (TPSA) is 74.4 Å². The molecule has 0 atom stereocenters. The molecule has 5 heteroatoms. The number of hydrogen-bond acceptors (Lipinski definition) is 5. The molecule has 0 bridgehead atoms. The van der Waals surface area contributed by atoms with Crippen molar-refractivity contribution in [3.63, 3.8) is 0 Å². The van der Waals surface area contributed by atoms with E-state index in [0.29, 0.717) is 32.1 Å². The van der Waals surface area contributed by atoms with Crippen LogP contribution in [0.3, 0.4) is 0 Å². The Morgan fingerprint density at radius 2 is 1.82 bits per heavy atom. The van der Waals surface area contributed by atoms with E-state index in [9.17, 15) is 4.79 Å². The van der Waals surface area contributed by atoms with Gasteiger partial charge in [0.15, 0.2) is 0 Å². The zero-order valence-corrected chi connectivity index (χ0v) is 21.0. The summed E-state index contributed by atoms with van der Waals surface area (Å²) >= 11 is 0. The molecule has 1 heterocycles. The van der Waals surface area contributed by atoms with Crippen LogP contribution >= 0.6 is 0 Å². The van der Waals surface area contributed by atoms with Crippen molar-refractivity contribution in [2.24, 2.45) is 11.7 Å². The van der Waals surface area contributed by atoms with E-state index in [1.165, 1.54) is 5.56 Å². The average molecular weight is 463 g/mol. The van der Waals surface area contributed by atoms with E-state index in [0.717, 1.165) is 64.7 Å². The maximum absolute atomic E-state index is 11.5. The van der Waals surface area contributed by atoms with Crippen LogP contribution in [-0.4, -0.2) is 24.2 Å². The molecule has 0 unspecified atom stereocenters. The third-order valence-electron chi connectivity index (χ3n) is 5.89. The zero-order chi connectivity index (χ0) is 24.5. The molecule has 0 saturated carbocycles. The molecule has 2 N–H and O–H groups in total. The van der Waals surface area contributed by atoms with Gasteiger partial charge >= 0.3 is 5.97 Å². The van der Waals surface area contributed by atoms with Crippen molar-refractivity contribution >= 4 is 16.9 Å². The Bertz CT molecular complexity index is 1090. The summed E-state index contributed by atoms with van der Waals surface area (Å²) in [6.07, 6.45) is 4.00. The lowest BCUT2D eigenvalue weighted by Gasteiger charge is -2.18. The minimum absolute atomic E-state index is 0.123. The Kier molecular flexibility index (Phi) is 9.46. The zero-order valence-electron chi connectivity index (χ0n) is 21.0. The number of fused-ring (bicyclic) bond motifs is 1. The summed E-state index contributed by atoms with van der Waals surface area (Å²) in [7, 11) is 0. The van der Waals surface area contributed by atoms with E-state index in [1.54, 1.807) is 0 Å². The van der Waals surface area contributed by atoms with Crippen LogP contribution in [0.2, 0.25) is 0 Å². The molecule has 0 fully saturated rings. The van der Waals surface area contributed by atoms with Crippen molar-refractivity contribution in [2.45, 2.75) is 66.3 Å². The van der Waals surface area contributed by atoms with Crippen molar-refractivity contribution in [1.82, 2.24) is 4.98 Å². The molecule has 5 nitrogen and oxygen atoms in total. The van der Waals surface area contributed by atoms with Gasteiger partial charge in [0.25, 0.3) is 0 Å². The number of nitrogens with two attached hydrogens (primary N) is 1. The van der Waals surface area contributed by atoms with Gasteiger partial charge in [-0.25, -0.2) is 0 Å². The first-order valence-corrected chi connectivity index (χ1v) is 12.4. The minimum atomic E-state index is -0.123. The standard InChI is InChI=1S/C29H38N2O3/c1-5-33-28(32)9-7-6-8-16-34-23-14-15-26-24(18-23)29(22-12-10-21(4)11-13-22)25(19-30)27(31-26)17-20(2)3/h10-15,18,20H,5-9,16-17,19,30H2,1-4H3. The van der Waals surface area contributed by atoms with Crippen molar-refractivity contribution in [3.8, 4) is 16.9 Å². The molecule has 0 radical (unpaired) electrons. The molecule has 182 valence electrons. The van der Waals surface area contributed by atoms with Gasteiger partial charge in [-0.2, -0.15) is 0 Å². The Morgan fingerprint density at radius 1 is 1.06 bits per heavy atom. The Balaban J connectivity index is 1.84. The largest absolute Gasteiger partial charge is 0.494 e. The second kappa shape index (κ2) is 12.5. The summed E-state index contributed by atoms with van der Waals surface area (Å²) in [5.74, 6) is 1.20. The minimum Gasteiger partial charge on any atom is -0.494 e. The molecular formula is C29H38N2O3. The number of rotatable bonds is 12. The van der Waals surface area contributed by atoms with Crippen LogP contribution in [0.25, 0.3) is 22.0 Å². The smallest absolute Gasteiger partial charge is 0.305 e. The first-order chi connectivity index (χ1) is 16.4. The van der Waals surface area contributed by atoms with Crippen molar-refractivity contribution in [1.29, 1.82) is 0 Å². The van der Waals surface area contributed by atoms with Crippen LogP contribution in [0.5, 0.6) is 5.75 Å². The number of aromatic nitrogens is 1. The maximum Gasteiger partial charge on any atom is 0.305 e. The van der Waals surface area contributed by atoms with Gasteiger partial charge in [0, 0.05) is 24.0 Å². The number of pyridine rings is 1. The van der Waals surface area contributed by atoms with Gasteiger partial charge in [-0.05, 0) is 80.3 Å². The summed E-state index contributed by atoms with van der Waals surface area (Å²) < 4.78 is 11.0. The average Bonchev–Trinajstić information content (AvgIpc) is 2.81. The van der Waals surface area contributed by atoms with Crippen LogP contribution in [0, 0.1) is 12.8 Å². The molecule has 0 aliphatic carbocycles. The van der Waals surface area contributed by atoms with Gasteiger partial charge in [-0.3, -0.25) is 9.78 Å². The molecule has 3 aromatic rings. The maximum atomic E-state index is 11.5. The third-order valence-corrected chi connectivity index (χ3v) is 5.89. The first-order valence-electron chi connectivity index (χ1n) is 12.4. The quantitative estimate of drug-likeness (QED) is 0.250. The number of carbonyl (C=O) groups is 1. The molecular weight excluding hydrogens is 424 g/mol. The molecule has 1 aromatic heterocycles.